The largest absolute Gasteiger partial charge is 0.390 e. The van der Waals surface area contributed by atoms with Crippen LogP contribution in [0.4, 0.5) is 0 Å². The standard InChI is InChI=1S/C24H23Cl2N5O4/c1-13(32)30(7-2-3-14-4-5-18(25)17(9-14)23(27)35)11-15-10-19(21(34)20(15)33)31-8-6-16-22(26)28-12-29-24(16)31/h4-6,8-9,12,15,19-21,33-34H,7,10-11H2,1H3,(H2,27,35)/t15?,19-,20-,21+/m1/s1. The molecular formula is C24H23Cl2N5O4. The van der Waals surface area contributed by atoms with E-state index in [2.05, 4.69) is 21.8 Å². The van der Waals surface area contributed by atoms with E-state index in [1.807, 2.05) is 0 Å². The Kier molecular flexibility index (Phi) is 7.28. The average Bonchev–Trinajstić information content (AvgIpc) is 3.36. The van der Waals surface area contributed by atoms with Gasteiger partial charge in [0.2, 0.25) is 11.8 Å². The summed E-state index contributed by atoms with van der Waals surface area (Å²) < 4.78 is 1.78. The lowest BCUT2D eigenvalue weighted by molar-refractivity contribution is -0.129. The molecule has 2 amide bonds. The van der Waals surface area contributed by atoms with Crippen molar-refractivity contribution in [3.05, 3.63) is 58.1 Å². The van der Waals surface area contributed by atoms with Crippen molar-refractivity contribution in [2.24, 2.45) is 11.7 Å². The van der Waals surface area contributed by atoms with Gasteiger partial charge in [0.15, 0.2) is 0 Å². The summed E-state index contributed by atoms with van der Waals surface area (Å²) in [5.74, 6) is 4.56. The number of halogens is 2. The van der Waals surface area contributed by atoms with Crippen LogP contribution in [0.15, 0.2) is 36.8 Å². The zero-order valence-electron chi connectivity index (χ0n) is 18.7. The molecule has 0 saturated heterocycles. The van der Waals surface area contributed by atoms with Crippen LogP contribution in [0.5, 0.6) is 0 Å². The second-order valence-electron chi connectivity index (χ2n) is 8.43. The average molecular weight is 516 g/mol. The zero-order chi connectivity index (χ0) is 25.3. The van der Waals surface area contributed by atoms with E-state index in [1.165, 1.54) is 30.3 Å². The molecule has 2 heterocycles. The fourth-order valence-electron chi connectivity index (χ4n) is 4.38. The van der Waals surface area contributed by atoms with Crippen molar-refractivity contribution in [1.82, 2.24) is 19.4 Å². The maximum Gasteiger partial charge on any atom is 0.250 e. The van der Waals surface area contributed by atoms with Crippen LogP contribution in [-0.4, -0.2) is 66.8 Å². The van der Waals surface area contributed by atoms with Gasteiger partial charge in [0, 0.05) is 31.1 Å². The third-order valence-corrected chi connectivity index (χ3v) is 6.85. The predicted octanol–water partition coefficient (Wildman–Crippen LogP) is 2.02. The summed E-state index contributed by atoms with van der Waals surface area (Å²) in [6, 6.07) is 6.00. The van der Waals surface area contributed by atoms with Gasteiger partial charge in [0.05, 0.1) is 34.7 Å². The first-order chi connectivity index (χ1) is 16.7. The van der Waals surface area contributed by atoms with E-state index >= 15 is 0 Å². The third kappa shape index (κ3) is 5.11. The number of amides is 2. The van der Waals surface area contributed by atoms with Gasteiger partial charge in [-0.25, -0.2) is 9.97 Å². The number of nitrogens with zero attached hydrogens (tertiary/aromatic N) is 4. The number of aliphatic hydroxyl groups is 2. The fourth-order valence-corrected chi connectivity index (χ4v) is 4.78. The van der Waals surface area contributed by atoms with Gasteiger partial charge in [0.25, 0.3) is 0 Å². The van der Waals surface area contributed by atoms with Gasteiger partial charge in [-0.2, -0.15) is 0 Å². The molecule has 182 valence electrons. The Labute approximate surface area is 211 Å². The van der Waals surface area contributed by atoms with Crippen molar-refractivity contribution in [1.29, 1.82) is 0 Å². The molecule has 0 radical (unpaired) electrons. The number of hydrogen-bond donors (Lipinski definition) is 3. The van der Waals surface area contributed by atoms with E-state index in [1.54, 1.807) is 22.9 Å². The second-order valence-corrected chi connectivity index (χ2v) is 9.19. The number of nitrogens with two attached hydrogens (primary N) is 1. The number of benzene rings is 1. The van der Waals surface area contributed by atoms with Gasteiger partial charge >= 0.3 is 0 Å². The first kappa shape index (κ1) is 24.9. The molecule has 1 unspecified atom stereocenters. The first-order valence-corrected chi connectivity index (χ1v) is 11.6. The molecule has 0 aliphatic heterocycles. The molecule has 1 aliphatic carbocycles. The molecule has 0 spiro atoms. The highest BCUT2D eigenvalue weighted by atomic mass is 35.5. The molecule has 1 aliphatic rings. The smallest absolute Gasteiger partial charge is 0.250 e. The topological polar surface area (TPSA) is 135 Å². The highest BCUT2D eigenvalue weighted by molar-refractivity contribution is 6.34. The van der Waals surface area contributed by atoms with Crippen molar-refractivity contribution in [2.45, 2.75) is 31.6 Å². The van der Waals surface area contributed by atoms with Crippen LogP contribution < -0.4 is 5.73 Å². The quantitative estimate of drug-likeness (QED) is 0.351. The Morgan fingerprint density at radius 3 is 2.71 bits per heavy atom. The summed E-state index contributed by atoms with van der Waals surface area (Å²) in [5, 5.41) is 22.7. The normalized spacial score (nSPS) is 21.5. The number of fused-ring (bicyclic) bond motifs is 1. The summed E-state index contributed by atoms with van der Waals surface area (Å²) in [6.07, 6.45) is 1.43. The fraction of sp³-hybridized carbons (Fsp3) is 0.333. The van der Waals surface area contributed by atoms with Gasteiger partial charge in [-0.1, -0.05) is 35.0 Å². The van der Waals surface area contributed by atoms with Crippen molar-refractivity contribution in [2.75, 3.05) is 13.1 Å². The Morgan fingerprint density at radius 1 is 1.23 bits per heavy atom. The molecule has 3 aromatic rings. The van der Waals surface area contributed by atoms with E-state index in [0.717, 1.165) is 0 Å². The lowest BCUT2D eigenvalue weighted by Crippen LogP contribution is -2.38. The number of primary amides is 1. The minimum atomic E-state index is -1.05. The van der Waals surface area contributed by atoms with Gasteiger partial charge in [-0.15, -0.1) is 0 Å². The van der Waals surface area contributed by atoms with Crippen LogP contribution in [0.2, 0.25) is 10.2 Å². The van der Waals surface area contributed by atoms with Crippen LogP contribution in [0.1, 0.15) is 35.3 Å². The summed E-state index contributed by atoms with van der Waals surface area (Å²) in [7, 11) is 0. The lowest BCUT2D eigenvalue weighted by atomic mass is 10.0. The molecule has 4 atom stereocenters. The molecule has 1 fully saturated rings. The number of aliphatic hydroxyl groups excluding tert-OH is 2. The highest BCUT2D eigenvalue weighted by Gasteiger charge is 2.43. The highest BCUT2D eigenvalue weighted by Crippen LogP contribution is 2.38. The van der Waals surface area contributed by atoms with E-state index in [0.29, 0.717) is 28.2 Å². The lowest BCUT2D eigenvalue weighted by Gasteiger charge is -2.24. The molecule has 2 aromatic heterocycles. The summed E-state index contributed by atoms with van der Waals surface area (Å²) in [4.78, 5) is 33.5. The Bertz CT molecular complexity index is 1350. The van der Waals surface area contributed by atoms with Gasteiger partial charge in [0.1, 0.15) is 23.2 Å². The predicted molar refractivity (Wildman–Crippen MR) is 131 cm³/mol. The third-order valence-electron chi connectivity index (χ3n) is 6.22. The Balaban J connectivity index is 1.48. The van der Waals surface area contributed by atoms with Crippen molar-refractivity contribution in [3.8, 4) is 11.8 Å². The summed E-state index contributed by atoms with van der Waals surface area (Å²) in [6.45, 7) is 1.73. The summed E-state index contributed by atoms with van der Waals surface area (Å²) in [5.41, 5.74) is 6.58. The maximum absolute atomic E-state index is 12.3. The molecular weight excluding hydrogens is 493 g/mol. The molecule has 4 rings (SSSR count). The minimum absolute atomic E-state index is 0.100. The Morgan fingerprint density at radius 2 is 2.00 bits per heavy atom. The molecule has 1 aromatic carbocycles. The zero-order valence-corrected chi connectivity index (χ0v) is 20.2. The molecule has 1 saturated carbocycles. The van der Waals surface area contributed by atoms with Crippen molar-refractivity contribution < 1.29 is 19.8 Å². The van der Waals surface area contributed by atoms with E-state index in [-0.39, 0.29) is 35.5 Å². The van der Waals surface area contributed by atoms with Crippen molar-refractivity contribution >= 4 is 46.0 Å². The van der Waals surface area contributed by atoms with Crippen LogP contribution >= 0.6 is 23.2 Å². The van der Waals surface area contributed by atoms with Gasteiger partial charge in [-0.05, 0) is 30.7 Å². The van der Waals surface area contributed by atoms with Crippen molar-refractivity contribution in [3.63, 3.8) is 0 Å². The number of carbonyl (C=O) groups excluding carboxylic acids is 2. The number of rotatable bonds is 5. The van der Waals surface area contributed by atoms with E-state index in [4.69, 9.17) is 28.9 Å². The van der Waals surface area contributed by atoms with Crippen LogP contribution in [0, 0.1) is 17.8 Å². The second kappa shape index (κ2) is 10.2. The molecule has 9 nitrogen and oxygen atoms in total. The first-order valence-electron chi connectivity index (χ1n) is 10.8. The monoisotopic (exact) mass is 515 g/mol. The van der Waals surface area contributed by atoms with Gasteiger partial charge in [-0.3, -0.25) is 9.59 Å². The van der Waals surface area contributed by atoms with Crippen LogP contribution in [-0.2, 0) is 4.79 Å². The molecule has 35 heavy (non-hydrogen) atoms. The van der Waals surface area contributed by atoms with E-state index in [9.17, 15) is 19.8 Å². The van der Waals surface area contributed by atoms with Crippen LogP contribution in [0.3, 0.4) is 0 Å². The number of carbonyl (C=O) groups is 2. The summed E-state index contributed by atoms with van der Waals surface area (Å²) >= 11 is 12.1. The molecule has 0 bridgehead atoms. The number of hydrogen-bond acceptors (Lipinski definition) is 6. The maximum atomic E-state index is 12.3. The molecule has 4 N–H and O–H groups in total. The van der Waals surface area contributed by atoms with Gasteiger partial charge < -0.3 is 25.4 Å². The van der Waals surface area contributed by atoms with Crippen LogP contribution in [0.25, 0.3) is 11.0 Å². The SMILES string of the molecule is CC(=O)N(CC#Cc1ccc(Cl)c(C(N)=O)c1)CC1C[C@@H](n2ccc3c(Cl)ncnc32)[C@H](O)[C@@H]1O. The minimum Gasteiger partial charge on any atom is -0.390 e. The van der Waals surface area contributed by atoms with E-state index < -0.39 is 24.2 Å². The molecule has 11 heteroatoms. The Hall–Kier alpha value is -3.16. The number of aromatic nitrogens is 3.